The minimum atomic E-state index is -0.440. The molecule has 0 aliphatic carbocycles. The zero-order chi connectivity index (χ0) is 15.4. The third kappa shape index (κ3) is 3.69. The van der Waals surface area contributed by atoms with Gasteiger partial charge >= 0.3 is 0 Å². The van der Waals surface area contributed by atoms with E-state index in [4.69, 9.17) is 10.6 Å². The number of rotatable bonds is 5. The molecule has 0 amide bonds. The Hall–Kier alpha value is -1.70. The van der Waals surface area contributed by atoms with Crippen molar-refractivity contribution in [3.8, 4) is 0 Å². The molecule has 1 heterocycles. The molecule has 0 spiro atoms. The SMILES string of the molecule is CCC1COC(C)CN1Cc1ccc([N+](=O)[O-])c(NN)c1. The number of hydrazine groups is 1. The second-order valence-corrected chi connectivity index (χ2v) is 5.39. The van der Waals surface area contributed by atoms with Gasteiger partial charge in [0.1, 0.15) is 5.69 Å². The molecule has 0 saturated carbocycles. The normalized spacial score (nSPS) is 23.0. The van der Waals surface area contributed by atoms with E-state index in [1.165, 1.54) is 6.07 Å². The van der Waals surface area contributed by atoms with Crippen LogP contribution in [0, 0.1) is 10.1 Å². The van der Waals surface area contributed by atoms with Crippen LogP contribution in [0.3, 0.4) is 0 Å². The molecule has 3 N–H and O–H groups in total. The van der Waals surface area contributed by atoms with Crippen LogP contribution in [-0.2, 0) is 11.3 Å². The van der Waals surface area contributed by atoms with E-state index in [1.54, 1.807) is 12.1 Å². The number of hydrogen-bond donors (Lipinski definition) is 2. The van der Waals surface area contributed by atoms with Crippen LogP contribution in [0.5, 0.6) is 0 Å². The molecule has 7 heteroatoms. The van der Waals surface area contributed by atoms with Crippen LogP contribution < -0.4 is 11.3 Å². The lowest BCUT2D eigenvalue weighted by Crippen LogP contribution is -2.47. The van der Waals surface area contributed by atoms with Crippen LogP contribution in [-0.4, -0.2) is 35.1 Å². The monoisotopic (exact) mass is 294 g/mol. The lowest BCUT2D eigenvalue weighted by molar-refractivity contribution is -0.384. The smallest absolute Gasteiger partial charge is 0.293 e. The Morgan fingerprint density at radius 2 is 2.33 bits per heavy atom. The second-order valence-electron chi connectivity index (χ2n) is 5.39. The van der Waals surface area contributed by atoms with E-state index in [9.17, 15) is 10.1 Å². The van der Waals surface area contributed by atoms with Crippen LogP contribution >= 0.6 is 0 Å². The van der Waals surface area contributed by atoms with E-state index in [2.05, 4.69) is 24.2 Å². The lowest BCUT2D eigenvalue weighted by atomic mass is 10.1. The van der Waals surface area contributed by atoms with Crippen molar-refractivity contribution < 1.29 is 9.66 Å². The van der Waals surface area contributed by atoms with Gasteiger partial charge < -0.3 is 10.2 Å². The molecule has 1 aliphatic rings. The number of nitrogen functional groups attached to an aromatic ring is 1. The van der Waals surface area contributed by atoms with Crippen molar-refractivity contribution in [2.45, 2.75) is 39.0 Å². The molecule has 21 heavy (non-hydrogen) atoms. The minimum Gasteiger partial charge on any atom is -0.376 e. The van der Waals surface area contributed by atoms with Crippen LogP contribution in [0.15, 0.2) is 18.2 Å². The first-order valence-electron chi connectivity index (χ1n) is 7.14. The first kappa shape index (κ1) is 15.7. The van der Waals surface area contributed by atoms with E-state index in [1.807, 2.05) is 0 Å². The molecule has 116 valence electrons. The molecule has 0 bridgehead atoms. The summed E-state index contributed by atoms with van der Waals surface area (Å²) in [4.78, 5) is 12.8. The Balaban J connectivity index is 2.16. The predicted molar refractivity (Wildman–Crippen MR) is 80.8 cm³/mol. The highest BCUT2D eigenvalue weighted by Gasteiger charge is 2.26. The average Bonchev–Trinajstić information content (AvgIpc) is 2.47. The van der Waals surface area contributed by atoms with Gasteiger partial charge in [-0.25, -0.2) is 0 Å². The molecule has 1 aromatic carbocycles. The number of nitro benzene ring substituents is 1. The summed E-state index contributed by atoms with van der Waals surface area (Å²) in [5.74, 6) is 5.38. The number of ether oxygens (including phenoxy) is 1. The van der Waals surface area contributed by atoms with Gasteiger partial charge in [0.15, 0.2) is 0 Å². The molecule has 1 saturated heterocycles. The first-order chi connectivity index (χ1) is 10.0. The Morgan fingerprint density at radius 3 is 2.95 bits per heavy atom. The fourth-order valence-corrected chi connectivity index (χ4v) is 2.67. The Bertz CT molecular complexity index is 509. The number of benzene rings is 1. The average molecular weight is 294 g/mol. The summed E-state index contributed by atoms with van der Waals surface area (Å²) in [6, 6.07) is 5.40. The molecule has 1 aliphatic heterocycles. The molecule has 7 nitrogen and oxygen atoms in total. The lowest BCUT2D eigenvalue weighted by Gasteiger charge is -2.38. The molecule has 1 fully saturated rings. The Labute approximate surface area is 124 Å². The van der Waals surface area contributed by atoms with E-state index in [-0.39, 0.29) is 11.8 Å². The predicted octanol–water partition coefficient (Wildman–Crippen LogP) is 1.88. The van der Waals surface area contributed by atoms with Gasteiger partial charge in [-0.05, 0) is 25.0 Å². The van der Waals surface area contributed by atoms with Gasteiger partial charge in [-0.3, -0.25) is 20.9 Å². The number of hydrogen-bond acceptors (Lipinski definition) is 6. The number of nitrogens with one attached hydrogen (secondary N) is 1. The molecule has 2 unspecified atom stereocenters. The third-order valence-electron chi connectivity index (χ3n) is 3.85. The van der Waals surface area contributed by atoms with Crippen LogP contribution in [0.4, 0.5) is 11.4 Å². The Morgan fingerprint density at radius 1 is 1.57 bits per heavy atom. The highest BCUT2D eigenvalue weighted by molar-refractivity contribution is 5.62. The summed E-state index contributed by atoms with van der Waals surface area (Å²) in [7, 11) is 0. The van der Waals surface area contributed by atoms with Gasteiger partial charge in [0, 0.05) is 25.2 Å². The van der Waals surface area contributed by atoms with E-state index >= 15 is 0 Å². The van der Waals surface area contributed by atoms with Crippen molar-refractivity contribution in [1.82, 2.24) is 4.90 Å². The van der Waals surface area contributed by atoms with Gasteiger partial charge in [0.25, 0.3) is 5.69 Å². The zero-order valence-electron chi connectivity index (χ0n) is 12.4. The van der Waals surface area contributed by atoms with Gasteiger partial charge in [0.2, 0.25) is 0 Å². The fourth-order valence-electron chi connectivity index (χ4n) is 2.67. The van der Waals surface area contributed by atoms with Gasteiger partial charge in [-0.2, -0.15) is 0 Å². The van der Waals surface area contributed by atoms with Crippen molar-refractivity contribution in [3.63, 3.8) is 0 Å². The number of anilines is 1. The Kier molecular flexibility index (Phi) is 5.11. The van der Waals surface area contributed by atoms with E-state index in [0.29, 0.717) is 11.7 Å². The maximum absolute atomic E-state index is 10.9. The van der Waals surface area contributed by atoms with Crippen molar-refractivity contribution >= 4 is 11.4 Å². The summed E-state index contributed by atoms with van der Waals surface area (Å²) in [5.41, 5.74) is 3.73. The molecular formula is C14H22N4O3. The molecule has 2 rings (SSSR count). The molecular weight excluding hydrogens is 272 g/mol. The summed E-state index contributed by atoms with van der Waals surface area (Å²) < 4.78 is 5.68. The maximum atomic E-state index is 10.9. The van der Waals surface area contributed by atoms with Crippen molar-refractivity contribution in [2.24, 2.45) is 5.84 Å². The fraction of sp³-hybridized carbons (Fsp3) is 0.571. The minimum absolute atomic E-state index is 0.0105. The van der Waals surface area contributed by atoms with Gasteiger partial charge in [-0.15, -0.1) is 0 Å². The summed E-state index contributed by atoms with van der Waals surface area (Å²) >= 11 is 0. The summed E-state index contributed by atoms with van der Waals surface area (Å²) in [5, 5.41) is 10.9. The van der Waals surface area contributed by atoms with Gasteiger partial charge in [-0.1, -0.05) is 13.0 Å². The molecule has 0 aromatic heterocycles. The van der Waals surface area contributed by atoms with Crippen LogP contribution in [0.1, 0.15) is 25.8 Å². The number of morpholine rings is 1. The molecule has 0 radical (unpaired) electrons. The van der Waals surface area contributed by atoms with Crippen LogP contribution in [0.2, 0.25) is 0 Å². The summed E-state index contributed by atoms with van der Waals surface area (Å²) in [6.07, 6.45) is 1.22. The third-order valence-corrected chi connectivity index (χ3v) is 3.85. The van der Waals surface area contributed by atoms with E-state index in [0.717, 1.165) is 31.7 Å². The summed E-state index contributed by atoms with van der Waals surface area (Å²) in [6.45, 7) is 6.52. The first-order valence-corrected chi connectivity index (χ1v) is 7.14. The number of nitrogens with zero attached hydrogens (tertiary/aromatic N) is 2. The highest BCUT2D eigenvalue weighted by Crippen LogP contribution is 2.26. The highest BCUT2D eigenvalue weighted by atomic mass is 16.6. The molecule has 2 atom stereocenters. The quantitative estimate of drug-likeness (QED) is 0.489. The van der Waals surface area contributed by atoms with E-state index < -0.39 is 4.92 Å². The van der Waals surface area contributed by atoms with Crippen molar-refractivity contribution in [1.29, 1.82) is 0 Å². The maximum Gasteiger partial charge on any atom is 0.293 e. The second kappa shape index (κ2) is 6.84. The zero-order valence-corrected chi connectivity index (χ0v) is 12.4. The molecule has 1 aromatic rings. The van der Waals surface area contributed by atoms with Crippen LogP contribution in [0.25, 0.3) is 0 Å². The van der Waals surface area contributed by atoms with Crippen molar-refractivity contribution in [2.75, 3.05) is 18.6 Å². The number of nitrogens with two attached hydrogens (primary N) is 1. The standard InChI is InChI=1S/C14H22N4O3/c1-3-12-9-21-10(2)7-17(12)8-11-4-5-14(18(19)20)13(6-11)16-15/h4-6,10,12,16H,3,7-9,15H2,1-2H3. The van der Waals surface area contributed by atoms with Crippen molar-refractivity contribution in [3.05, 3.63) is 33.9 Å². The van der Waals surface area contributed by atoms with Gasteiger partial charge in [0.05, 0.1) is 17.6 Å². The number of nitro groups is 1. The topological polar surface area (TPSA) is 93.7 Å². The largest absolute Gasteiger partial charge is 0.376 e.